The van der Waals surface area contributed by atoms with Gasteiger partial charge in [0.2, 0.25) is 0 Å². The van der Waals surface area contributed by atoms with Crippen molar-refractivity contribution in [2.24, 2.45) is 5.73 Å². The lowest BCUT2D eigenvalue weighted by Crippen LogP contribution is -2.23. The van der Waals surface area contributed by atoms with Crippen LogP contribution in [0.25, 0.3) is 0 Å². The van der Waals surface area contributed by atoms with E-state index in [0.29, 0.717) is 11.6 Å². The Labute approximate surface area is 125 Å². The summed E-state index contributed by atoms with van der Waals surface area (Å²) in [5, 5.41) is 0. The van der Waals surface area contributed by atoms with E-state index in [1.807, 2.05) is 19.1 Å². The fourth-order valence-corrected chi connectivity index (χ4v) is 3.19. The SMILES string of the molecule is C[C@H](N)c1cccc(F)c1N1CCC(c2ccccc2)C1. The first-order chi connectivity index (χ1) is 10.2. The second-order valence-electron chi connectivity index (χ2n) is 5.81. The van der Waals surface area contributed by atoms with Gasteiger partial charge in [-0.05, 0) is 30.5 Å². The van der Waals surface area contributed by atoms with E-state index in [1.54, 1.807) is 6.07 Å². The van der Waals surface area contributed by atoms with Gasteiger partial charge in [0.25, 0.3) is 0 Å². The van der Waals surface area contributed by atoms with Crippen molar-refractivity contribution >= 4 is 5.69 Å². The zero-order valence-electron chi connectivity index (χ0n) is 12.3. The highest BCUT2D eigenvalue weighted by atomic mass is 19.1. The summed E-state index contributed by atoms with van der Waals surface area (Å²) in [7, 11) is 0. The smallest absolute Gasteiger partial charge is 0.146 e. The lowest BCUT2D eigenvalue weighted by molar-refractivity contribution is 0.616. The Bertz CT molecular complexity index is 610. The Kier molecular flexibility index (Phi) is 3.93. The number of nitrogens with two attached hydrogens (primary N) is 1. The maximum atomic E-state index is 14.3. The number of halogens is 1. The molecule has 0 aliphatic carbocycles. The van der Waals surface area contributed by atoms with Crippen molar-refractivity contribution in [3.63, 3.8) is 0 Å². The summed E-state index contributed by atoms with van der Waals surface area (Å²) in [5.41, 5.74) is 8.91. The van der Waals surface area contributed by atoms with Crippen LogP contribution in [-0.2, 0) is 0 Å². The van der Waals surface area contributed by atoms with Gasteiger partial charge in [-0.1, -0.05) is 42.5 Å². The maximum absolute atomic E-state index is 14.3. The molecule has 1 aliphatic heterocycles. The first-order valence-electron chi connectivity index (χ1n) is 7.50. The third-order valence-electron chi connectivity index (χ3n) is 4.28. The van der Waals surface area contributed by atoms with Crippen LogP contribution in [0.5, 0.6) is 0 Å². The van der Waals surface area contributed by atoms with Crippen LogP contribution in [0.15, 0.2) is 48.5 Å². The van der Waals surface area contributed by atoms with Crippen LogP contribution < -0.4 is 10.6 Å². The third-order valence-corrected chi connectivity index (χ3v) is 4.28. The fourth-order valence-electron chi connectivity index (χ4n) is 3.19. The monoisotopic (exact) mass is 284 g/mol. The average molecular weight is 284 g/mol. The number of hydrogen-bond acceptors (Lipinski definition) is 2. The summed E-state index contributed by atoms with van der Waals surface area (Å²) >= 11 is 0. The van der Waals surface area contributed by atoms with E-state index in [2.05, 4.69) is 29.2 Å². The van der Waals surface area contributed by atoms with Gasteiger partial charge in [-0.15, -0.1) is 0 Å². The molecule has 0 spiro atoms. The van der Waals surface area contributed by atoms with Crippen molar-refractivity contribution < 1.29 is 4.39 Å². The van der Waals surface area contributed by atoms with Crippen LogP contribution in [0.4, 0.5) is 10.1 Å². The third kappa shape index (κ3) is 2.79. The number of hydrogen-bond donors (Lipinski definition) is 1. The van der Waals surface area contributed by atoms with Gasteiger partial charge in [-0.2, -0.15) is 0 Å². The second kappa shape index (κ2) is 5.86. The van der Waals surface area contributed by atoms with Gasteiger partial charge in [0.05, 0.1) is 5.69 Å². The summed E-state index contributed by atoms with van der Waals surface area (Å²) < 4.78 is 14.3. The lowest BCUT2D eigenvalue weighted by Gasteiger charge is -2.24. The van der Waals surface area contributed by atoms with E-state index in [4.69, 9.17) is 5.73 Å². The molecule has 21 heavy (non-hydrogen) atoms. The molecule has 1 heterocycles. The molecule has 0 radical (unpaired) electrons. The van der Waals surface area contributed by atoms with Crippen LogP contribution in [0.3, 0.4) is 0 Å². The predicted molar refractivity (Wildman–Crippen MR) is 85.0 cm³/mol. The van der Waals surface area contributed by atoms with Crippen LogP contribution in [0.1, 0.15) is 36.4 Å². The molecule has 0 saturated carbocycles. The molecule has 3 heteroatoms. The number of anilines is 1. The Morgan fingerprint density at radius 1 is 1.14 bits per heavy atom. The Hall–Kier alpha value is -1.87. The Morgan fingerprint density at radius 2 is 1.90 bits per heavy atom. The number of para-hydroxylation sites is 1. The molecular weight excluding hydrogens is 263 g/mol. The molecule has 1 saturated heterocycles. The van der Waals surface area contributed by atoms with E-state index >= 15 is 0 Å². The summed E-state index contributed by atoms with van der Waals surface area (Å²) in [5.74, 6) is 0.297. The van der Waals surface area contributed by atoms with E-state index < -0.39 is 0 Å². The number of benzene rings is 2. The molecule has 3 rings (SSSR count). The standard InChI is InChI=1S/C18H21FN2/c1-13(20)16-8-5-9-17(19)18(16)21-11-10-15(12-21)14-6-3-2-4-7-14/h2-9,13,15H,10-12,20H2,1H3/t13-,15?/m0/s1. The number of rotatable bonds is 3. The largest absolute Gasteiger partial charge is 0.368 e. The highest BCUT2D eigenvalue weighted by Gasteiger charge is 2.27. The van der Waals surface area contributed by atoms with Gasteiger partial charge in [0, 0.05) is 25.0 Å². The van der Waals surface area contributed by atoms with Gasteiger partial charge in [0.15, 0.2) is 0 Å². The zero-order valence-corrected chi connectivity index (χ0v) is 12.3. The molecule has 1 unspecified atom stereocenters. The van der Waals surface area contributed by atoms with Gasteiger partial charge >= 0.3 is 0 Å². The van der Waals surface area contributed by atoms with Crippen molar-refractivity contribution in [1.29, 1.82) is 0 Å². The van der Waals surface area contributed by atoms with Crippen LogP contribution in [-0.4, -0.2) is 13.1 Å². The minimum Gasteiger partial charge on any atom is -0.368 e. The van der Waals surface area contributed by atoms with Crippen LogP contribution in [0.2, 0.25) is 0 Å². The van der Waals surface area contributed by atoms with Gasteiger partial charge in [-0.3, -0.25) is 0 Å². The highest BCUT2D eigenvalue weighted by molar-refractivity contribution is 5.57. The normalized spacial score (nSPS) is 19.8. The van der Waals surface area contributed by atoms with E-state index in [0.717, 1.165) is 25.1 Å². The van der Waals surface area contributed by atoms with Crippen LogP contribution >= 0.6 is 0 Å². The first kappa shape index (κ1) is 14.1. The zero-order chi connectivity index (χ0) is 14.8. The molecule has 0 amide bonds. The molecule has 2 aromatic carbocycles. The quantitative estimate of drug-likeness (QED) is 0.928. The lowest BCUT2D eigenvalue weighted by atomic mass is 9.99. The van der Waals surface area contributed by atoms with E-state index in [9.17, 15) is 4.39 Å². The average Bonchev–Trinajstić information content (AvgIpc) is 2.97. The van der Waals surface area contributed by atoms with Crippen molar-refractivity contribution in [3.05, 3.63) is 65.5 Å². The minimum absolute atomic E-state index is 0.161. The predicted octanol–water partition coefficient (Wildman–Crippen LogP) is 3.84. The van der Waals surface area contributed by atoms with Gasteiger partial charge in [-0.25, -0.2) is 4.39 Å². The second-order valence-corrected chi connectivity index (χ2v) is 5.81. The topological polar surface area (TPSA) is 29.3 Å². The molecular formula is C18H21FN2. The molecule has 110 valence electrons. The van der Waals surface area contributed by atoms with E-state index in [1.165, 1.54) is 11.6 Å². The Balaban J connectivity index is 1.87. The molecule has 2 nitrogen and oxygen atoms in total. The highest BCUT2D eigenvalue weighted by Crippen LogP contribution is 2.35. The Morgan fingerprint density at radius 3 is 2.62 bits per heavy atom. The summed E-state index contributed by atoms with van der Waals surface area (Å²) in [6.07, 6.45) is 1.05. The first-order valence-corrected chi connectivity index (χ1v) is 7.50. The number of nitrogens with zero attached hydrogens (tertiary/aromatic N) is 1. The van der Waals surface area contributed by atoms with Crippen molar-refractivity contribution in [3.8, 4) is 0 Å². The fraction of sp³-hybridized carbons (Fsp3) is 0.333. The van der Waals surface area contributed by atoms with Crippen LogP contribution in [0, 0.1) is 5.82 Å². The van der Waals surface area contributed by atoms with Crippen molar-refractivity contribution in [2.75, 3.05) is 18.0 Å². The molecule has 1 fully saturated rings. The minimum atomic E-state index is -0.168. The van der Waals surface area contributed by atoms with Crippen molar-refractivity contribution in [1.82, 2.24) is 0 Å². The molecule has 0 bridgehead atoms. The molecule has 1 aliphatic rings. The molecule has 0 aromatic heterocycles. The van der Waals surface area contributed by atoms with Crippen molar-refractivity contribution in [2.45, 2.75) is 25.3 Å². The summed E-state index contributed by atoms with van der Waals surface area (Å²) in [6.45, 7) is 3.63. The summed E-state index contributed by atoms with van der Waals surface area (Å²) in [6, 6.07) is 15.5. The maximum Gasteiger partial charge on any atom is 0.146 e. The molecule has 2 atom stereocenters. The van der Waals surface area contributed by atoms with Gasteiger partial charge < -0.3 is 10.6 Å². The molecule has 2 aromatic rings. The molecule has 2 N–H and O–H groups in total. The van der Waals surface area contributed by atoms with E-state index in [-0.39, 0.29) is 11.9 Å². The van der Waals surface area contributed by atoms with Gasteiger partial charge in [0.1, 0.15) is 5.82 Å². The summed E-state index contributed by atoms with van der Waals surface area (Å²) in [4.78, 5) is 2.14.